The maximum Gasteiger partial charge on any atom is 0.310 e. The normalized spacial score (nSPS) is 10.4. The van der Waals surface area contributed by atoms with E-state index in [2.05, 4.69) is 18.3 Å². The number of hydrogen-bond donors (Lipinski definition) is 1. The lowest BCUT2D eigenvalue weighted by atomic mass is 10.1. The molecule has 0 aliphatic rings. The number of hydrogen-bond acceptors (Lipinski definition) is 3. The molecule has 1 N–H and O–H groups in total. The maximum absolute atomic E-state index is 11.2. The second kappa shape index (κ2) is 7.88. The Morgan fingerprint density at radius 3 is 2.72 bits per heavy atom. The molecule has 3 heteroatoms. The summed E-state index contributed by atoms with van der Waals surface area (Å²) < 4.78 is 5.23. The summed E-state index contributed by atoms with van der Waals surface area (Å²) in [5.74, 6) is 0.478. The molecule has 0 aromatic heterocycles. The minimum atomic E-state index is -0.188. The second-order valence-corrected chi connectivity index (χ2v) is 4.46. The summed E-state index contributed by atoms with van der Waals surface area (Å²) in [6.45, 7) is 7.85. The largest absolute Gasteiger partial charge is 0.426 e. The van der Waals surface area contributed by atoms with E-state index < -0.39 is 0 Å². The van der Waals surface area contributed by atoms with Crippen molar-refractivity contribution in [1.82, 2.24) is 5.32 Å². The molecule has 0 spiro atoms. The van der Waals surface area contributed by atoms with Crippen molar-refractivity contribution in [3.8, 4) is 5.75 Å². The van der Waals surface area contributed by atoms with Crippen molar-refractivity contribution in [2.75, 3.05) is 6.54 Å². The Kier molecular flexibility index (Phi) is 6.44. The van der Waals surface area contributed by atoms with Crippen LogP contribution >= 0.6 is 0 Å². The van der Waals surface area contributed by atoms with Gasteiger partial charge in [-0.15, -0.1) is 0 Å². The predicted molar refractivity (Wildman–Crippen MR) is 73.7 cm³/mol. The highest BCUT2D eigenvalue weighted by atomic mass is 16.5. The molecule has 0 bridgehead atoms. The number of nitrogens with one attached hydrogen (secondary N) is 1. The van der Waals surface area contributed by atoms with Crippen molar-refractivity contribution in [3.05, 3.63) is 29.3 Å². The lowest BCUT2D eigenvalue weighted by Gasteiger charge is -2.09. The first-order valence-corrected chi connectivity index (χ1v) is 6.68. The third kappa shape index (κ3) is 4.88. The van der Waals surface area contributed by atoms with E-state index in [-0.39, 0.29) is 5.97 Å². The number of aryl methyl sites for hydroxylation is 1. The quantitative estimate of drug-likeness (QED) is 0.458. The van der Waals surface area contributed by atoms with Gasteiger partial charge in [0.05, 0.1) is 0 Å². The van der Waals surface area contributed by atoms with Gasteiger partial charge in [0.2, 0.25) is 0 Å². The standard InChI is InChI=1S/C15H23NO2/c1-4-6-9-16-11-13-7-8-14(12(3)10-13)18-15(17)5-2/h7-8,10,16H,4-6,9,11H2,1-3H3. The molecule has 0 unspecified atom stereocenters. The fraction of sp³-hybridized carbons (Fsp3) is 0.533. The summed E-state index contributed by atoms with van der Waals surface area (Å²) >= 11 is 0. The Morgan fingerprint density at radius 2 is 2.11 bits per heavy atom. The van der Waals surface area contributed by atoms with E-state index in [0.717, 1.165) is 18.7 Å². The number of carbonyl (C=O) groups is 1. The number of unbranched alkanes of at least 4 members (excludes halogenated alkanes) is 1. The molecule has 0 radical (unpaired) electrons. The molecule has 0 heterocycles. The summed E-state index contributed by atoms with van der Waals surface area (Å²) in [5.41, 5.74) is 2.23. The molecule has 0 fully saturated rings. The minimum absolute atomic E-state index is 0.188. The van der Waals surface area contributed by atoms with Gasteiger partial charge in [-0.1, -0.05) is 32.4 Å². The number of rotatable bonds is 7. The fourth-order valence-electron chi connectivity index (χ4n) is 1.67. The Bertz CT molecular complexity index is 388. The van der Waals surface area contributed by atoms with E-state index in [1.54, 1.807) is 6.92 Å². The monoisotopic (exact) mass is 249 g/mol. The Morgan fingerprint density at radius 1 is 1.33 bits per heavy atom. The Labute approximate surface area is 110 Å². The van der Waals surface area contributed by atoms with Crippen molar-refractivity contribution in [3.63, 3.8) is 0 Å². The lowest BCUT2D eigenvalue weighted by Crippen LogP contribution is -2.14. The Hall–Kier alpha value is -1.35. The maximum atomic E-state index is 11.2. The first-order valence-electron chi connectivity index (χ1n) is 6.68. The summed E-state index contributed by atoms with van der Waals surface area (Å²) in [7, 11) is 0. The number of esters is 1. The van der Waals surface area contributed by atoms with Gasteiger partial charge in [-0.25, -0.2) is 0 Å². The van der Waals surface area contributed by atoms with Gasteiger partial charge in [0, 0.05) is 13.0 Å². The Balaban J connectivity index is 2.53. The van der Waals surface area contributed by atoms with Gasteiger partial charge in [0.25, 0.3) is 0 Å². The highest BCUT2D eigenvalue weighted by molar-refractivity contribution is 5.72. The summed E-state index contributed by atoms with van der Waals surface area (Å²) in [6.07, 6.45) is 2.81. The van der Waals surface area contributed by atoms with Gasteiger partial charge in [0.15, 0.2) is 0 Å². The van der Waals surface area contributed by atoms with Crippen molar-refractivity contribution >= 4 is 5.97 Å². The SMILES string of the molecule is CCCCNCc1ccc(OC(=O)CC)c(C)c1. The summed E-state index contributed by atoms with van der Waals surface area (Å²) in [5, 5.41) is 3.39. The molecule has 0 saturated carbocycles. The topological polar surface area (TPSA) is 38.3 Å². The van der Waals surface area contributed by atoms with Crippen molar-refractivity contribution < 1.29 is 9.53 Å². The van der Waals surface area contributed by atoms with Crippen LogP contribution in [0.2, 0.25) is 0 Å². The molecule has 100 valence electrons. The van der Waals surface area contributed by atoms with Crippen LogP contribution in [0.1, 0.15) is 44.2 Å². The molecule has 1 aromatic rings. The van der Waals surface area contributed by atoms with Crippen LogP contribution in [0, 0.1) is 6.92 Å². The zero-order chi connectivity index (χ0) is 13.4. The van der Waals surface area contributed by atoms with E-state index in [4.69, 9.17) is 4.74 Å². The molecule has 0 saturated heterocycles. The van der Waals surface area contributed by atoms with Crippen molar-refractivity contribution in [2.45, 2.75) is 46.6 Å². The van der Waals surface area contributed by atoms with Crippen molar-refractivity contribution in [1.29, 1.82) is 0 Å². The highest BCUT2D eigenvalue weighted by Gasteiger charge is 2.05. The van der Waals surface area contributed by atoms with Crippen LogP contribution in [0.4, 0.5) is 0 Å². The van der Waals surface area contributed by atoms with Crippen molar-refractivity contribution in [2.24, 2.45) is 0 Å². The fourth-order valence-corrected chi connectivity index (χ4v) is 1.67. The van der Waals surface area contributed by atoms with Crippen LogP contribution < -0.4 is 10.1 Å². The second-order valence-electron chi connectivity index (χ2n) is 4.46. The van der Waals surface area contributed by atoms with Gasteiger partial charge in [-0.3, -0.25) is 4.79 Å². The van der Waals surface area contributed by atoms with Gasteiger partial charge >= 0.3 is 5.97 Å². The van der Waals surface area contributed by atoms with E-state index in [1.807, 2.05) is 19.1 Å². The average Bonchev–Trinajstić information content (AvgIpc) is 2.37. The van der Waals surface area contributed by atoms with E-state index in [9.17, 15) is 4.79 Å². The van der Waals surface area contributed by atoms with Gasteiger partial charge < -0.3 is 10.1 Å². The molecule has 0 amide bonds. The van der Waals surface area contributed by atoms with Crippen LogP contribution in [0.5, 0.6) is 5.75 Å². The summed E-state index contributed by atoms with van der Waals surface area (Å²) in [6, 6.07) is 5.95. The van der Waals surface area contributed by atoms with Crippen LogP contribution in [0.25, 0.3) is 0 Å². The van der Waals surface area contributed by atoms with Crippen LogP contribution in [-0.2, 0) is 11.3 Å². The van der Waals surface area contributed by atoms with Crippen LogP contribution in [0.3, 0.4) is 0 Å². The molecule has 0 atom stereocenters. The first-order chi connectivity index (χ1) is 8.67. The molecule has 0 aliphatic heterocycles. The van der Waals surface area contributed by atoms with Gasteiger partial charge in [0.1, 0.15) is 5.75 Å². The third-order valence-corrected chi connectivity index (χ3v) is 2.79. The number of ether oxygens (including phenoxy) is 1. The molecule has 1 aromatic carbocycles. The predicted octanol–water partition coefficient (Wildman–Crippen LogP) is 3.20. The molecule has 1 rings (SSSR count). The molecule has 0 aliphatic carbocycles. The van der Waals surface area contributed by atoms with Gasteiger partial charge in [-0.05, 0) is 37.1 Å². The third-order valence-electron chi connectivity index (χ3n) is 2.79. The molecule has 3 nitrogen and oxygen atoms in total. The van der Waals surface area contributed by atoms with E-state index in [1.165, 1.54) is 18.4 Å². The molecular formula is C15H23NO2. The number of benzene rings is 1. The molecular weight excluding hydrogens is 226 g/mol. The smallest absolute Gasteiger partial charge is 0.310 e. The average molecular weight is 249 g/mol. The summed E-state index contributed by atoms with van der Waals surface area (Å²) in [4.78, 5) is 11.2. The lowest BCUT2D eigenvalue weighted by molar-refractivity contribution is -0.134. The van der Waals surface area contributed by atoms with Gasteiger partial charge in [-0.2, -0.15) is 0 Å². The highest BCUT2D eigenvalue weighted by Crippen LogP contribution is 2.19. The van der Waals surface area contributed by atoms with Crippen LogP contribution in [-0.4, -0.2) is 12.5 Å². The number of carbonyl (C=O) groups excluding carboxylic acids is 1. The van der Waals surface area contributed by atoms with Crippen LogP contribution in [0.15, 0.2) is 18.2 Å². The van der Waals surface area contributed by atoms with E-state index >= 15 is 0 Å². The minimum Gasteiger partial charge on any atom is -0.426 e. The molecule has 18 heavy (non-hydrogen) atoms. The zero-order valence-electron chi connectivity index (χ0n) is 11.6. The zero-order valence-corrected chi connectivity index (χ0v) is 11.6. The van der Waals surface area contributed by atoms with E-state index in [0.29, 0.717) is 12.2 Å². The first kappa shape index (κ1) is 14.7.